The fourth-order valence-electron chi connectivity index (χ4n) is 4.93. The van der Waals surface area contributed by atoms with Crippen LogP contribution >= 0.6 is 0 Å². The molecule has 2 aromatic carbocycles. The van der Waals surface area contributed by atoms with Crippen LogP contribution in [0.15, 0.2) is 60.8 Å². The number of hydrogen-bond donors (Lipinski definition) is 1. The van der Waals surface area contributed by atoms with Crippen LogP contribution in [0.4, 0.5) is 0 Å². The number of ether oxygens (including phenoxy) is 1. The van der Waals surface area contributed by atoms with Gasteiger partial charge in [-0.1, -0.05) is 49.7 Å². The maximum absolute atomic E-state index is 11.9. The minimum Gasteiger partial charge on any atom is -0.487 e. The predicted molar refractivity (Wildman–Crippen MR) is 131 cm³/mol. The second-order valence-electron chi connectivity index (χ2n) is 9.93. The van der Waals surface area contributed by atoms with Crippen molar-refractivity contribution in [2.24, 2.45) is 11.3 Å². The van der Waals surface area contributed by atoms with E-state index in [4.69, 9.17) is 9.72 Å². The van der Waals surface area contributed by atoms with Crippen molar-refractivity contribution in [1.82, 2.24) is 14.5 Å². The number of rotatable bonds is 7. The zero-order valence-corrected chi connectivity index (χ0v) is 19.9. The molecule has 6 heteroatoms. The number of carboxylic acid groups (broad SMARTS) is 1. The lowest BCUT2D eigenvalue weighted by atomic mass is 10.1. The normalized spacial score (nSPS) is 18.7. The molecular weight excluding hydrogens is 426 g/mol. The van der Waals surface area contributed by atoms with Crippen molar-refractivity contribution >= 4 is 17.0 Å². The molecule has 2 atom stereocenters. The molecule has 0 radical (unpaired) electrons. The lowest BCUT2D eigenvalue weighted by Gasteiger charge is -2.12. The molecule has 0 saturated heterocycles. The Morgan fingerprint density at radius 3 is 2.59 bits per heavy atom. The maximum atomic E-state index is 11.9. The first kappa shape index (κ1) is 22.1. The van der Waals surface area contributed by atoms with Crippen LogP contribution < -0.4 is 4.74 Å². The van der Waals surface area contributed by atoms with E-state index in [9.17, 15) is 9.90 Å². The summed E-state index contributed by atoms with van der Waals surface area (Å²) >= 11 is 0. The van der Waals surface area contributed by atoms with Gasteiger partial charge in [-0.05, 0) is 48.6 Å². The molecule has 4 aromatic rings. The van der Waals surface area contributed by atoms with Gasteiger partial charge in [0.05, 0.1) is 22.6 Å². The number of aliphatic carboxylic acids is 1. The van der Waals surface area contributed by atoms with E-state index in [2.05, 4.69) is 34.7 Å². The molecule has 0 aliphatic heterocycles. The molecule has 0 amide bonds. The SMILES string of the molecule is Cc1ccc(COc2ccc3nc([C@@H]4[C@H](C(=O)O)C4(C)C)n(Cc4cccc(C)c4)c3c2)nc1. The summed E-state index contributed by atoms with van der Waals surface area (Å²) in [4.78, 5) is 21.3. The molecule has 5 rings (SSSR count). The Bertz CT molecular complexity index is 1370. The number of nitrogens with zero attached hydrogens (tertiary/aromatic N) is 3. The van der Waals surface area contributed by atoms with Gasteiger partial charge in [-0.2, -0.15) is 0 Å². The standard InChI is InChI=1S/C28H29N3O3/c1-17-6-5-7-19(12-17)15-31-23-13-21(34-16-20-9-8-18(2)14-29-20)10-11-22(23)30-26(31)24-25(27(32)33)28(24,3)4/h5-14,24-25H,15-16H2,1-4H3,(H,32,33)/t24-,25+/m0/s1. The first-order valence-corrected chi connectivity index (χ1v) is 11.6. The van der Waals surface area contributed by atoms with Crippen LogP contribution in [0.1, 0.15) is 48.0 Å². The molecule has 34 heavy (non-hydrogen) atoms. The Labute approximate surface area is 199 Å². The van der Waals surface area contributed by atoms with Crippen LogP contribution in [0.25, 0.3) is 11.0 Å². The Hall–Kier alpha value is -3.67. The summed E-state index contributed by atoms with van der Waals surface area (Å²) in [5.41, 5.74) is 5.76. The third-order valence-electron chi connectivity index (χ3n) is 6.90. The molecule has 2 aromatic heterocycles. The number of pyridine rings is 1. The van der Waals surface area contributed by atoms with Crippen molar-refractivity contribution < 1.29 is 14.6 Å². The fraction of sp³-hybridized carbons (Fsp3) is 0.321. The summed E-state index contributed by atoms with van der Waals surface area (Å²) in [7, 11) is 0. The van der Waals surface area contributed by atoms with Gasteiger partial charge in [-0.25, -0.2) is 4.98 Å². The van der Waals surface area contributed by atoms with Crippen LogP contribution in [0.2, 0.25) is 0 Å². The van der Waals surface area contributed by atoms with E-state index in [1.54, 1.807) is 0 Å². The highest BCUT2D eigenvalue weighted by Crippen LogP contribution is 2.64. The monoisotopic (exact) mass is 455 g/mol. The lowest BCUT2D eigenvalue weighted by Crippen LogP contribution is -2.07. The Morgan fingerprint density at radius 1 is 1.09 bits per heavy atom. The number of imidazole rings is 1. The first-order chi connectivity index (χ1) is 16.2. The van der Waals surface area contributed by atoms with Gasteiger partial charge >= 0.3 is 5.97 Å². The Kier molecular flexibility index (Phi) is 5.39. The smallest absolute Gasteiger partial charge is 0.307 e. The summed E-state index contributed by atoms with van der Waals surface area (Å²) in [6.45, 7) is 9.10. The number of fused-ring (bicyclic) bond motifs is 1. The second-order valence-corrected chi connectivity index (χ2v) is 9.93. The first-order valence-electron chi connectivity index (χ1n) is 11.6. The van der Waals surface area contributed by atoms with E-state index < -0.39 is 11.9 Å². The molecule has 1 N–H and O–H groups in total. The molecule has 6 nitrogen and oxygen atoms in total. The Balaban J connectivity index is 1.53. The van der Waals surface area contributed by atoms with Crippen LogP contribution in [0, 0.1) is 25.2 Å². The van der Waals surface area contributed by atoms with Gasteiger partial charge in [-0.15, -0.1) is 0 Å². The predicted octanol–water partition coefficient (Wildman–Crippen LogP) is 5.50. The van der Waals surface area contributed by atoms with E-state index in [0.717, 1.165) is 39.4 Å². The number of aromatic nitrogens is 3. The molecule has 1 aliphatic carbocycles. The molecule has 0 bridgehead atoms. The maximum Gasteiger partial charge on any atom is 0.307 e. The summed E-state index contributed by atoms with van der Waals surface area (Å²) in [6, 6.07) is 18.2. The van der Waals surface area contributed by atoms with Crippen molar-refractivity contribution in [1.29, 1.82) is 0 Å². The molecule has 1 aliphatic rings. The van der Waals surface area contributed by atoms with Gasteiger partial charge in [-0.3, -0.25) is 9.78 Å². The van der Waals surface area contributed by atoms with Crippen LogP contribution in [-0.4, -0.2) is 25.6 Å². The van der Waals surface area contributed by atoms with Crippen molar-refractivity contribution in [2.45, 2.75) is 46.8 Å². The third-order valence-corrected chi connectivity index (χ3v) is 6.90. The lowest BCUT2D eigenvalue weighted by molar-refractivity contribution is -0.139. The fourth-order valence-corrected chi connectivity index (χ4v) is 4.93. The summed E-state index contributed by atoms with van der Waals surface area (Å²) in [5.74, 6) is 0.217. The highest BCUT2D eigenvalue weighted by atomic mass is 16.5. The van der Waals surface area contributed by atoms with Gasteiger partial charge in [0.1, 0.15) is 18.2 Å². The van der Waals surface area contributed by atoms with E-state index in [1.807, 2.05) is 63.4 Å². The van der Waals surface area contributed by atoms with Gasteiger partial charge < -0.3 is 14.4 Å². The van der Waals surface area contributed by atoms with Crippen molar-refractivity contribution in [3.8, 4) is 5.75 Å². The van der Waals surface area contributed by atoms with Gasteiger partial charge in [0, 0.05) is 24.7 Å². The topological polar surface area (TPSA) is 77.2 Å². The zero-order chi connectivity index (χ0) is 24.0. The minimum absolute atomic E-state index is 0.136. The van der Waals surface area contributed by atoms with Crippen LogP contribution in [0.5, 0.6) is 5.75 Å². The minimum atomic E-state index is -0.765. The quantitative estimate of drug-likeness (QED) is 0.398. The zero-order valence-electron chi connectivity index (χ0n) is 19.9. The second kappa shape index (κ2) is 8.28. The van der Waals surface area contributed by atoms with E-state index in [1.165, 1.54) is 5.56 Å². The van der Waals surface area contributed by atoms with E-state index in [0.29, 0.717) is 13.2 Å². The molecule has 1 saturated carbocycles. The van der Waals surface area contributed by atoms with Crippen molar-refractivity contribution in [3.05, 3.63) is 89.0 Å². The molecule has 1 fully saturated rings. The number of carbonyl (C=O) groups is 1. The third kappa shape index (κ3) is 4.04. The number of hydrogen-bond acceptors (Lipinski definition) is 4. The summed E-state index contributed by atoms with van der Waals surface area (Å²) in [6.07, 6.45) is 1.83. The molecule has 0 unspecified atom stereocenters. The summed E-state index contributed by atoms with van der Waals surface area (Å²) < 4.78 is 8.22. The van der Waals surface area contributed by atoms with Gasteiger partial charge in [0.2, 0.25) is 0 Å². The Morgan fingerprint density at radius 2 is 1.91 bits per heavy atom. The number of aryl methyl sites for hydroxylation is 2. The highest BCUT2D eigenvalue weighted by Gasteiger charge is 2.64. The van der Waals surface area contributed by atoms with Crippen LogP contribution in [-0.2, 0) is 17.9 Å². The molecular formula is C28H29N3O3. The largest absolute Gasteiger partial charge is 0.487 e. The molecule has 174 valence electrons. The molecule has 2 heterocycles. The molecule has 0 spiro atoms. The van der Waals surface area contributed by atoms with E-state index >= 15 is 0 Å². The van der Waals surface area contributed by atoms with Crippen molar-refractivity contribution in [2.75, 3.05) is 0 Å². The van der Waals surface area contributed by atoms with E-state index in [-0.39, 0.29) is 11.3 Å². The highest BCUT2D eigenvalue weighted by molar-refractivity contribution is 5.81. The van der Waals surface area contributed by atoms with Crippen LogP contribution in [0.3, 0.4) is 0 Å². The van der Waals surface area contributed by atoms with Gasteiger partial charge in [0.25, 0.3) is 0 Å². The van der Waals surface area contributed by atoms with Gasteiger partial charge in [0.15, 0.2) is 0 Å². The number of carboxylic acids is 1. The number of benzene rings is 2. The summed E-state index contributed by atoms with van der Waals surface area (Å²) in [5, 5.41) is 9.79. The van der Waals surface area contributed by atoms with Crippen molar-refractivity contribution in [3.63, 3.8) is 0 Å². The average molecular weight is 456 g/mol. The average Bonchev–Trinajstić information content (AvgIpc) is 3.21.